The number of nitrogens with one attached hydrogen (secondary N) is 1. The van der Waals surface area contributed by atoms with E-state index >= 15 is 0 Å². The molecule has 0 unspecified atom stereocenters. The maximum absolute atomic E-state index is 10.8. The number of primary sulfonamides is 1. The Bertz CT molecular complexity index is 680. The van der Waals surface area contributed by atoms with Gasteiger partial charge >= 0.3 is 0 Å². The predicted octanol–water partition coefficient (Wildman–Crippen LogP) is 0.282. The lowest BCUT2D eigenvalue weighted by molar-refractivity contribution is 0.598. The van der Waals surface area contributed by atoms with E-state index in [2.05, 4.69) is 15.3 Å². The highest BCUT2D eigenvalue weighted by Crippen LogP contribution is 2.28. The van der Waals surface area contributed by atoms with E-state index in [-0.39, 0.29) is 18.2 Å². The van der Waals surface area contributed by atoms with Gasteiger partial charge in [0.2, 0.25) is 16.0 Å². The Morgan fingerprint density at radius 3 is 2.83 bits per heavy atom. The number of fused-ring (bicyclic) bond motifs is 1. The van der Waals surface area contributed by atoms with Crippen LogP contribution in [0.2, 0.25) is 0 Å². The smallest absolute Gasteiger partial charge is 0.223 e. The van der Waals surface area contributed by atoms with Crippen molar-refractivity contribution in [3.8, 4) is 0 Å². The van der Waals surface area contributed by atoms with Crippen LogP contribution in [0, 0.1) is 6.92 Å². The Morgan fingerprint density at radius 2 is 2.17 bits per heavy atom. The molecule has 0 atom stereocenters. The molecule has 0 aliphatic carbocycles. The van der Waals surface area contributed by atoms with Gasteiger partial charge in [-0.2, -0.15) is 4.98 Å². The van der Waals surface area contributed by atoms with E-state index in [1.807, 2.05) is 13.0 Å². The number of nitrogens with two attached hydrogens (primary N) is 2. The van der Waals surface area contributed by atoms with Crippen molar-refractivity contribution in [1.82, 2.24) is 9.97 Å². The van der Waals surface area contributed by atoms with Gasteiger partial charge in [0, 0.05) is 11.4 Å². The van der Waals surface area contributed by atoms with Gasteiger partial charge in [-0.3, -0.25) is 0 Å². The van der Waals surface area contributed by atoms with Crippen LogP contribution in [0.1, 0.15) is 4.88 Å². The zero-order chi connectivity index (χ0) is 13.3. The van der Waals surface area contributed by atoms with Gasteiger partial charge in [0.15, 0.2) is 0 Å². The van der Waals surface area contributed by atoms with Crippen molar-refractivity contribution in [1.29, 1.82) is 0 Å². The van der Waals surface area contributed by atoms with Crippen LogP contribution in [0.3, 0.4) is 0 Å². The van der Waals surface area contributed by atoms with Crippen LogP contribution in [0.25, 0.3) is 10.2 Å². The van der Waals surface area contributed by atoms with Gasteiger partial charge < -0.3 is 11.1 Å². The van der Waals surface area contributed by atoms with Crippen molar-refractivity contribution < 1.29 is 8.42 Å². The molecule has 5 N–H and O–H groups in total. The minimum absolute atomic E-state index is 0.155. The largest absolute Gasteiger partial charge is 0.368 e. The van der Waals surface area contributed by atoms with Crippen LogP contribution in [-0.2, 0) is 10.0 Å². The number of thiophene rings is 1. The Balaban J connectivity index is 2.26. The monoisotopic (exact) mass is 287 g/mol. The SMILES string of the molecule is Cc1cc2c(NCCS(N)(=O)=O)nc(N)nc2s1. The van der Waals surface area contributed by atoms with Crippen LogP contribution in [0.5, 0.6) is 0 Å². The molecule has 98 valence electrons. The molecular weight excluding hydrogens is 274 g/mol. The lowest BCUT2D eigenvalue weighted by Crippen LogP contribution is -2.22. The van der Waals surface area contributed by atoms with Gasteiger partial charge in [0.05, 0.1) is 11.1 Å². The Hall–Kier alpha value is -1.45. The molecule has 2 rings (SSSR count). The van der Waals surface area contributed by atoms with Crippen molar-refractivity contribution in [2.24, 2.45) is 5.14 Å². The van der Waals surface area contributed by atoms with E-state index in [0.29, 0.717) is 5.82 Å². The Kier molecular flexibility index (Phi) is 3.37. The molecule has 0 saturated carbocycles. The lowest BCUT2D eigenvalue weighted by Gasteiger charge is -2.06. The van der Waals surface area contributed by atoms with Crippen molar-refractivity contribution in [2.75, 3.05) is 23.3 Å². The average molecular weight is 287 g/mol. The highest BCUT2D eigenvalue weighted by atomic mass is 32.2. The van der Waals surface area contributed by atoms with Crippen LogP contribution in [0.4, 0.5) is 11.8 Å². The Labute approximate surface area is 108 Å². The van der Waals surface area contributed by atoms with Gasteiger partial charge in [-0.05, 0) is 13.0 Å². The standard InChI is InChI=1S/C9H13N5O2S2/c1-5-4-6-7(12-2-3-18(11,15)16)13-9(10)14-8(6)17-5/h4H,2-3H2,1H3,(H2,11,15,16)(H3,10,12,13,14). The maximum Gasteiger partial charge on any atom is 0.223 e. The summed E-state index contributed by atoms with van der Waals surface area (Å²) in [5.41, 5.74) is 5.59. The average Bonchev–Trinajstić information content (AvgIpc) is 2.56. The number of aromatic nitrogens is 2. The van der Waals surface area contributed by atoms with E-state index in [0.717, 1.165) is 15.1 Å². The molecule has 18 heavy (non-hydrogen) atoms. The van der Waals surface area contributed by atoms with Gasteiger partial charge in [0.25, 0.3) is 0 Å². The third-order valence-corrected chi connectivity index (χ3v) is 3.93. The van der Waals surface area contributed by atoms with Gasteiger partial charge in [0.1, 0.15) is 10.6 Å². The van der Waals surface area contributed by atoms with Gasteiger partial charge in [-0.15, -0.1) is 11.3 Å². The first-order valence-corrected chi connectivity index (χ1v) is 7.66. The molecule has 9 heteroatoms. The molecule has 0 fully saturated rings. The molecule has 0 aromatic carbocycles. The third kappa shape index (κ3) is 3.06. The summed E-state index contributed by atoms with van der Waals surface area (Å²) in [5.74, 6) is 0.523. The van der Waals surface area contributed by atoms with Crippen molar-refractivity contribution in [3.05, 3.63) is 10.9 Å². The first-order valence-electron chi connectivity index (χ1n) is 5.13. The number of hydrogen-bond donors (Lipinski definition) is 3. The lowest BCUT2D eigenvalue weighted by atomic mass is 10.3. The molecule has 2 heterocycles. The number of hydrogen-bond acceptors (Lipinski definition) is 7. The molecule has 0 radical (unpaired) electrons. The highest BCUT2D eigenvalue weighted by Gasteiger charge is 2.10. The molecule has 0 aliphatic rings. The topological polar surface area (TPSA) is 124 Å². The van der Waals surface area contributed by atoms with Crippen molar-refractivity contribution in [3.63, 3.8) is 0 Å². The predicted molar refractivity (Wildman–Crippen MR) is 73.0 cm³/mol. The van der Waals surface area contributed by atoms with Crippen LogP contribution in [-0.4, -0.2) is 30.7 Å². The molecule has 0 aliphatic heterocycles. The maximum atomic E-state index is 10.8. The van der Waals surface area contributed by atoms with E-state index < -0.39 is 10.0 Å². The molecular formula is C9H13N5O2S2. The highest BCUT2D eigenvalue weighted by molar-refractivity contribution is 7.89. The molecule has 0 bridgehead atoms. The molecule has 0 spiro atoms. The van der Waals surface area contributed by atoms with E-state index in [4.69, 9.17) is 10.9 Å². The number of rotatable bonds is 4. The number of aryl methyl sites for hydroxylation is 1. The quantitative estimate of drug-likeness (QED) is 0.742. The summed E-state index contributed by atoms with van der Waals surface area (Å²) >= 11 is 1.51. The van der Waals surface area contributed by atoms with E-state index in [1.54, 1.807) is 0 Å². The van der Waals surface area contributed by atoms with Gasteiger partial charge in [-0.25, -0.2) is 18.5 Å². The fraction of sp³-hybridized carbons (Fsp3) is 0.333. The molecule has 2 aromatic heterocycles. The molecule has 7 nitrogen and oxygen atoms in total. The second kappa shape index (κ2) is 4.67. The number of nitrogen functional groups attached to an aromatic ring is 1. The van der Waals surface area contributed by atoms with Crippen molar-refractivity contribution >= 4 is 43.3 Å². The number of sulfonamides is 1. The van der Waals surface area contributed by atoms with E-state index in [9.17, 15) is 8.42 Å². The molecule has 0 saturated heterocycles. The molecule has 2 aromatic rings. The van der Waals surface area contributed by atoms with Crippen molar-refractivity contribution in [2.45, 2.75) is 6.92 Å². The number of anilines is 2. The summed E-state index contributed by atoms with van der Waals surface area (Å²) in [7, 11) is -3.49. The summed E-state index contributed by atoms with van der Waals surface area (Å²) in [4.78, 5) is 10.0. The van der Waals surface area contributed by atoms with E-state index in [1.165, 1.54) is 11.3 Å². The molecule has 0 amide bonds. The summed E-state index contributed by atoms with van der Waals surface area (Å²) in [5, 5.41) is 8.67. The zero-order valence-corrected chi connectivity index (χ0v) is 11.3. The third-order valence-electron chi connectivity index (χ3n) is 2.21. The van der Waals surface area contributed by atoms with Crippen LogP contribution < -0.4 is 16.2 Å². The summed E-state index contributed by atoms with van der Waals surface area (Å²) in [6.45, 7) is 2.13. The second-order valence-electron chi connectivity index (χ2n) is 3.80. The minimum atomic E-state index is -3.49. The minimum Gasteiger partial charge on any atom is -0.368 e. The first kappa shape index (κ1) is 13.0. The fourth-order valence-electron chi connectivity index (χ4n) is 1.50. The van der Waals surface area contributed by atoms with Gasteiger partial charge in [-0.1, -0.05) is 0 Å². The normalized spacial score (nSPS) is 11.9. The second-order valence-corrected chi connectivity index (χ2v) is 6.77. The van der Waals surface area contributed by atoms with Crippen LogP contribution >= 0.6 is 11.3 Å². The zero-order valence-electron chi connectivity index (χ0n) is 9.67. The Morgan fingerprint density at radius 1 is 1.44 bits per heavy atom. The number of nitrogens with zero attached hydrogens (tertiary/aromatic N) is 2. The summed E-state index contributed by atoms with van der Waals surface area (Å²) in [6, 6.07) is 1.93. The first-order chi connectivity index (χ1) is 8.35. The summed E-state index contributed by atoms with van der Waals surface area (Å²) < 4.78 is 21.7. The fourth-order valence-corrected chi connectivity index (χ4v) is 2.78. The summed E-state index contributed by atoms with van der Waals surface area (Å²) in [6.07, 6.45) is 0. The van der Waals surface area contributed by atoms with Crippen LogP contribution in [0.15, 0.2) is 6.07 Å².